The molecule has 0 heterocycles. The van der Waals surface area contributed by atoms with Gasteiger partial charge in [0.1, 0.15) is 0 Å². The molecule has 1 N–H and O–H groups in total. The van der Waals surface area contributed by atoms with Crippen molar-refractivity contribution in [2.24, 2.45) is 0 Å². The van der Waals surface area contributed by atoms with Crippen LogP contribution in [0, 0.1) is 13.8 Å². The zero-order valence-corrected chi connectivity index (χ0v) is 12.8. The van der Waals surface area contributed by atoms with Gasteiger partial charge in [-0.2, -0.15) is 0 Å². The molecule has 106 valence electrons. The van der Waals surface area contributed by atoms with Crippen LogP contribution in [0.1, 0.15) is 23.6 Å². The Kier molecular flexibility index (Phi) is 4.14. The number of aryl methyl sites for hydroxylation is 3. The summed E-state index contributed by atoms with van der Waals surface area (Å²) in [6.45, 7) is 5.91. The molecule has 0 fully saturated rings. The molecule has 2 aromatic rings. The highest BCUT2D eigenvalue weighted by Gasteiger charge is 2.14. The molecule has 2 aromatic carbocycles. The van der Waals surface area contributed by atoms with Gasteiger partial charge in [0.2, 0.25) is 0 Å². The molecule has 0 aromatic heterocycles. The van der Waals surface area contributed by atoms with E-state index in [0.717, 1.165) is 17.5 Å². The summed E-state index contributed by atoms with van der Waals surface area (Å²) in [5.41, 5.74) is 3.79. The van der Waals surface area contributed by atoms with Crippen molar-refractivity contribution in [1.82, 2.24) is 0 Å². The predicted octanol–water partition coefficient (Wildman–Crippen LogP) is 3.67. The third kappa shape index (κ3) is 3.20. The molecule has 20 heavy (non-hydrogen) atoms. The highest BCUT2D eigenvalue weighted by molar-refractivity contribution is 7.92. The number of benzene rings is 2. The van der Waals surface area contributed by atoms with Crippen LogP contribution in [0.4, 0.5) is 5.69 Å². The number of hydrogen-bond donors (Lipinski definition) is 1. The second-order valence-corrected chi connectivity index (χ2v) is 6.60. The van der Waals surface area contributed by atoms with Gasteiger partial charge in [-0.1, -0.05) is 36.8 Å². The van der Waals surface area contributed by atoms with Crippen molar-refractivity contribution in [1.29, 1.82) is 0 Å². The van der Waals surface area contributed by atoms with E-state index in [1.165, 1.54) is 5.56 Å². The van der Waals surface area contributed by atoms with Gasteiger partial charge in [-0.15, -0.1) is 0 Å². The fourth-order valence-corrected chi connectivity index (χ4v) is 3.11. The number of rotatable bonds is 4. The fourth-order valence-electron chi connectivity index (χ4n) is 1.98. The van der Waals surface area contributed by atoms with E-state index < -0.39 is 10.0 Å². The summed E-state index contributed by atoms with van der Waals surface area (Å²) in [5, 5.41) is 0. The van der Waals surface area contributed by atoms with Gasteiger partial charge in [-0.3, -0.25) is 4.72 Å². The van der Waals surface area contributed by atoms with E-state index in [9.17, 15) is 8.42 Å². The molecule has 0 saturated carbocycles. The van der Waals surface area contributed by atoms with Crippen LogP contribution in [-0.4, -0.2) is 8.42 Å². The molecule has 2 rings (SSSR count). The molecule has 4 heteroatoms. The summed E-state index contributed by atoms with van der Waals surface area (Å²) < 4.78 is 27.3. The van der Waals surface area contributed by atoms with Crippen molar-refractivity contribution in [2.45, 2.75) is 32.1 Å². The molecule has 0 amide bonds. The molecule has 0 bridgehead atoms. The maximum absolute atomic E-state index is 12.3. The molecule has 0 aliphatic rings. The molecule has 0 aliphatic carbocycles. The highest BCUT2D eigenvalue weighted by Crippen LogP contribution is 2.21. The van der Waals surface area contributed by atoms with Crippen molar-refractivity contribution in [3.63, 3.8) is 0 Å². The monoisotopic (exact) mass is 289 g/mol. The average Bonchev–Trinajstić information content (AvgIpc) is 2.41. The molecular formula is C16H19NO2S. The second-order valence-electron chi connectivity index (χ2n) is 4.92. The lowest BCUT2D eigenvalue weighted by Gasteiger charge is -2.11. The Morgan fingerprint density at radius 1 is 1.00 bits per heavy atom. The topological polar surface area (TPSA) is 46.2 Å². The third-order valence-corrected chi connectivity index (χ3v) is 4.66. The van der Waals surface area contributed by atoms with Crippen molar-refractivity contribution in [3.8, 4) is 0 Å². The SMILES string of the molecule is CCc1ccc(NS(=O)(=O)c2ccc(C)cc2)c(C)c1. The van der Waals surface area contributed by atoms with Gasteiger partial charge < -0.3 is 0 Å². The van der Waals surface area contributed by atoms with E-state index in [2.05, 4.69) is 11.6 Å². The minimum absolute atomic E-state index is 0.280. The highest BCUT2D eigenvalue weighted by atomic mass is 32.2. The van der Waals surface area contributed by atoms with E-state index in [0.29, 0.717) is 5.69 Å². The van der Waals surface area contributed by atoms with Gasteiger partial charge in [0.15, 0.2) is 0 Å². The smallest absolute Gasteiger partial charge is 0.261 e. The first-order valence-corrected chi connectivity index (χ1v) is 8.09. The second kappa shape index (κ2) is 5.67. The zero-order chi connectivity index (χ0) is 14.8. The van der Waals surface area contributed by atoms with Crippen LogP contribution in [0.25, 0.3) is 0 Å². The summed E-state index contributed by atoms with van der Waals surface area (Å²) in [4.78, 5) is 0.280. The Morgan fingerprint density at radius 3 is 2.20 bits per heavy atom. The number of nitrogens with one attached hydrogen (secondary N) is 1. The zero-order valence-electron chi connectivity index (χ0n) is 12.0. The van der Waals surface area contributed by atoms with Gasteiger partial charge in [-0.25, -0.2) is 8.42 Å². The van der Waals surface area contributed by atoms with Crippen LogP contribution in [0.15, 0.2) is 47.4 Å². The molecular weight excluding hydrogens is 270 g/mol. The summed E-state index contributed by atoms with van der Waals surface area (Å²) in [6, 6.07) is 12.6. The fraction of sp³-hybridized carbons (Fsp3) is 0.250. The minimum Gasteiger partial charge on any atom is -0.279 e. The quantitative estimate of drug-likeness (QED) is 0.933. The summed E-state index contributed by atoms with van der Waals surface area (Å²) in [6.07, 6.45) is 0.936. The van der Waals surface area contributed by atoms with Crippen molar-refractivity contribution in [2.75, 3.05) is 4.72 Å². The lowest BCUT2D eigenvalue weighted by atomic mass is 10.1. The van der Waals surface area contributed by atoms with E-state index in [1.54, 1.807) is 24.3 Å². The van der Waals surface area contributed by atoms with Crippen molar-refractivity contribution >= 4 is 15.7 Å². The molecule has 0 unspecified atom stereocenters. The maximum Gasteiger partial charge on any atom is 0.261 e. The Balaban J connectivity index is 2.31. The Labute approximate surface area is 120 Å². The summed E-state index contributed by atoms with van der Waals surface area (Å²) >= 11 is 0. The first kappa shape index (κ1) is 14.6. The standard InChI is InChI=1S/C16H19NO2S/c1-4-14-7-10-16(13(3)11-14)17-20(18,19)15-8-5-12(2)6-9-15/h5-11,17H,4H2,1-3H3. The van der Waals surface area contributed by atoms with E-state index >= 15 is 0 Å². The summed E-state index contributed by atoms with van der Waals surface area (Å²) in [7, 11) is -3.52. The first-order valence-electron chi connectivity index (χ1n) is 6.61. The summed E-state index contributed by atoms with van der Waals surface area (Å²) in [5.74, 6) is 0. The van der Waals surface area contributed by atoms with Crippen LogP contribution in [0.5, 0.6) is 0 Å². The van der Waals surface area contributed by atoms with Crippen molar-refractivity contribution in [3.05, 3.63) is 59.2 Å². The number of anilines is 1. The predicted molar refractivity (Wildman–Crippen MR) is 82.5 cm³/mol. The first-order chi connectivity index (χ1) is 9.42. The average molecular weight is 289 g/mol. The van der Waals surface area contributed by atoms with Crippen LogP contribution in [0.2, 0.25) is 0 Å². The normalized spacial score (nSPS) is 11.3. The largest absolute Gasteiger partial charge is 0.279 e. The Morgan fingerprint density at radius 2 is 1.65 bits per heavy atom. The van der Waals surface area contributed by atoms with E-state index in [1.807, 2.05) is 32.0 Å². The van der Waals surface area contributed by atoms with E-state index in [-0.39, 0.29) is 4.90 Å². The lowest BCUT2D eigenvalue weighted by Crippen LogP contribution is -2.13. The van der Waals surface area contributed by atoms with Gasteiger partial charge >= 0.3 is 0 Å². The van der Waals surface area contributed by atoms with Gasteiger partial charge in [-0.05, 0) is 49.6 Å². The minimum atomic E-state index is -3.52. The molecule has 0 aliphatic heterocycles. The number of hydrogen-bond acceptors (Lipinski definition) is 2. The molecule has 0 spiro atoms. The van der Waals surface area contributed by atoms with E-state index in [4.69, 9.17) is 0 Å². The van der Waals surface area contributed by atoms with Gasteiger partial charge in [0.25, 0.3) is 10.0 Å². The molecule has 0 saturated heterocycles. The molecule has 0 radical (unpaired) electrons. The molecule has 3 nitrogen and oxygen atoms in total. The Bertz CT molecular complexity index is 704. The third-order valence-electron chi connectivity index (χ3n) is 3.27. The van der Waals surface area contributed by atoms with Crippen LogP contribution < -0.4 is 4.72 Å². The number of sulfonamides is 1. The van der Waals surface area contributed by atoms with Crippen molar-refractivity contribution < 1.29 is 8.42 Å². The van der Waals surface area contributed by atoms with Crippen LogP contribution >= 0.6 is 0 Å². The van der Waals surface area contributed by atoms with Gasteiger partial charge in [0.05, 0.1) is 10.6 Å². The van der Waals surface area contributed by atoms with Gasteiger partial charge in [0, 0.05) is 0 Å². The lowest BCUT2D eigenvalue weighted by molar-refractivity contribution is 0.601. The van der Waals surface area contributed by atoms with Crippen LogP contribution in [-0.2, 0) is 16.4 Å². The Hall–Kier alpha value is -1.81. The molecule has 0 atom stereocenters. The maximum atomic E-state index is 12.3. The van der Waals surface area contributed by atoms with Crippen LogP contribution in [0.3, 0.4) is 0 Å².